The molecule has 1 aromatic heterocycles. The van der Waals surface area contributed by atoms with Crippen LogP contribution in [0.2, 0.25) is 0 Å². The van der Waals surface area contributed by atoms with Crippen molar-refractivity contribution in [1.82, 2.24) is 0 Å². The van der Waals surface area contributed by atoms with Gasteiger partial charge in [0, 0.05) is 6.07 Å². The molecular formula is C17H18F3N2O4S+. The molecule has 0 aliphatic carbocycles. The number of hydrogen-bond donors (Lipinski definition) is 1. The zero-order valence-corrected chi connectivity index (χ0v) is 15.6. The summed E-state index contributed by atoms with van der Waals surface area (Å²) in [7, 11) is -2.83. The molecule has 0 atom stereocenters. The molecule has 0 saturated carbocycles. The topological polar surface area (TPSA) is 78.6 Å². The van der Waals surface area contributed by atoms with Crippen LogP contribution < -0.4 is 9.63 Å². The summed E-state index contributed by atoms with van der Waals surface area (Å²) in [5.41, 5.74) is -0.875. The Labute approximate surface area is 154 Å². The summed E-state index contributed by atoms with van der Waals surface area (Å²) >= 11 is 0. The van der Waals surface area contributed by atoms with E-state index in [9.17, 15) is 31.6 Å². The fourth-order valence-electron chi connectivity index (χ4n) is 2.42. The molecule has 1 heterocycles. The van der Waals surface area contributed by atoms with Crippen molar-refractivity contribution in [2.75, 3.05) is 17.7 Å². The summed E-state index contributed by atoms with van der Waals surface area (Å²) < 4.78 is 64.2. The first kappa shape index (κ1) is 20.7. The number of benzene rings is 1. The average Bonchev–Trinajstić information content (AvgIpc) is 2.59. The summed E-state index contributed by atoms with van der Waals surface area (Å²) in [5.74, 6) is -1.32. The number of sulfone groups is 1. The van der Waals surface area contributed by atoms with E-state index in [0.717, 1.165) is 11.0 Å². The molecule has 0 aliphatic rings. The minimum Gasteiger partial charge on any atom is -0.350 e. The van der Waals surface area contributed by atoms with Crippen LogP contribution >= 0.6 is 0 Å². The van der Waals surface area contributed by atoms with Gasteiger partial charge in [0.25, 0.3) is 0 Å². The predicted octanol–water partition coefficient (Wildman–Crippen LogP) is 2.61. The minimum absolute atomic E-state index is 0.0188. The zero-order valence-electron chi connectivity index (χ0n) is 14.8. The highest BCUT2D eigenvalue weighted by Crippen LogP contribution is 2.32. The third-order valence-electron chi connectivity index (χ3n) is 3.96. The van der Waals surface area contributed by atoms with Gasteiger partial charge in [0.1, 0.15) is 6.20 Å². The molecule has 1 aromatic carbocycles. The number of nitrogens with zero attached hydrogens (tertiary/aromatic N) is 2. The Kier molecular flexibility index (Phi) is 5.50. The minimum atomic E-state index is -4.75. The largest absolute Gasteiger partial charge is 0.416 e. The highest BCUT2D eigenvalue weighted by atomic mass is 32.2. The first-order chi connectivity index (χ1) is 12.4. The molecule has 0 bridgehead atoms. The van der Waals surface area contributed by atoms with Gasteiger partial charge in [0.05, 0.1) is 28.8 Å². The third kappa shape index (κ3) is 4.21. The Morgan fingerprint density at radius 1 is 1.22 bits per heavy atom. The summed E-state index contributed by atoms with van der Waals surface area (Å²) in [6, 6.07) is 4.98. The molecule has 2 rings (SSSR count). The lowest BCUT2D eigenvalue weighted by Gasteiger charge is -2.15. The molecule has 0 unspecified atom stereocenters. The first-order valence-corrected chi connectivity index (χ1v) is 9.47. The summed E-state index contributed by atoms with van der Waals surface area (Å²) in [5, 5.41) is 9.94. The van der Waals surface area contributed by atoms with E-state index in [2.05, 4.69) is 0 Å². The van der Waals surface area contributed by atoms with Gasteiger partial charge in [0.2, 0.25) is 0 Å². The van der Waals surface area contributed by atoms with Gasteiger partial charge in [-0.2, -0.15) is 18.1 Å². The van der Waals surface area contributed by atoms with E-state index >= 15 is 0 Å². The van der Waals surface area contributed by atoms with Gasteiger partial charge in [-0.3, -0.25) is 0 Å². The summed E-state index contributed by atoms with van der Waals surface area (Å²) in [4.78, 5) is 13.0. The number of carbonyl (C=O) groups is 1. The normalized spacial score (nSPS) is 12.1. The van der Waals surface area contributed by atoms with Crippen LogP contribution in [0, 0.1) is 6.92 Å². The lowest BCUT2D eigenvalue weighted by Crippen LogP contribution is -2.41. The lowest BCUT2D eigenvalue weighted by atomic mass is 10.1. The molecule has 146 valence electrons. The van der Waals surface area contributed by atoms with Gasteiger partial charge in [-0.15, -0.1) is 0 Å². The number of anilines is 1. The second kappa shape index (κ2) is 7.18. The molecule has 2 aromatic rings. The summed E-state index contributed by atoms with van der Waals surface area (Å²) in [6.45, 7) is 2.98. The molecule has 1 amide bonds. The van der Waals surface area contributed by atoms with Crippen molar-refractivity contribution in [1.29, 1.82) is 0 Å². The van der Waals surface area contributed by atoms with Crippen LogP contribution in [0.3, 0.4) is 0 Å². The van der Waals surface area contributed by atoms with Crippen LogP contribution in [0.15, 0.2) is 41.4 Å². The highest BCUT2D eigenvalue weighted by molar-refractivity contribution is 7.91. The van der Waals surface area contributed by atoms with E-state index in [4.69, 9.17) is 0 Å². The fraction of sp³-hybridized carbons (Fsp3) is 0.294. The Balaban J connectivity index is 2.61. The maximum Gasteiger partial charge on any atom is 0.416 e. The van der Waals surface area contributed by atoms with Crippen molar-refractivity contribution in [3.8, 4) is 0 Å². The van der Waals surface area contributed by atoms with Crippen LogP contribution in [0.5, 0.6) is 0 Å². The number of carbonyl (C=O) groups excluding carboxylic acids is 1. The molecule has 1 N–H and O–H groups in total. The molecule has 0 aliphatic heterocycles. The maximum absolute atomic E-state index is 13.0. The number of hydrogen-bond acceptors (Lipinski definition) is 4. The lowest BCUT2D eigenvalue weighted by molar-refractivity contribution is -0.894. The van der Waals surface area contributed by atoms with Crippen LogP contribution in [-0.2, 0) is 16.0 Å². The van der Waals surface area contributed by atoms with Crippen LogP contribution in [0.1, 0.15) is 28.4 Å². The van der Waals surface area contributed by atoms with Crippen molar-refractivity contribution >= 4 is 21.6 Å². The van der Waals surface area contributed by atoms with E-state index in [-0.39, 0.29) is 5.82 Å². The van der Waals surface area contributed by atoms with Crippen molar-refractivity contribution in [3.05, 3.63) is 53.2 Å². The average molecular weight is 403 g/mol. The van der Waals surface area contributed by atoms with Crippen molar-refractivity contribution in [2.45, 2.75) is 24.9 Å². The second-order valence-corrected chi connectivity index (χ2v) is 8.13. The van der Waals surface area contributed by atoms with Crippen LogP contribution in [0.25, 0.3) is 0 Å². The molecule has 0 saturated heterocycles. The van der Waals surface area contributed by atoms with E-state index in [1.807, 2.05) is 0 Å². The van der Waals surface area contributed by atoms with E-state index in [1.165, 1.54) is 26.2 Å². The number of alkyl halides is 3. The SMILES string of the molecule is CCS(=O)(=O)c1cc(C(F)(F)F)ccc1C(=O)N(C)c1ccc(C)c[n+]1O. The fourth-order valence-corrected chi connectivity index (χ4v) is 3.53. The molecule has 27 heavy (non-hydrogen) atoms. The molecule has 10 heteroatoms. The van der Waals surface area contributed by atoms with Crippen molar-refractivity contribution < 1.29 is 36.3 Å². The second-order valence-electron chi connectivity index (χ2n) is 5.89. The van der Waals surface area contributed by atoms with Gasteiger partial charge in [-0.05, 0) is 36.8 Å². The Hall–Kier alpha value is -2.62. The van der Waals surface area contributed by atoms with E-state index < -0.39 is 43.7 Å². The molecule has 0 fully saturated rings. The Morgan fingerprint density at radius 3 is 2.37 bits per heavy atom. The zero-order chi connectivity index (χ0) is 20.6. The number of pyridine rings is 1. The van der Waals surface area contributed by atoms with Gasteiger partial charge in [0.15, 0.2) is 9.84 Å². The summed E-state index contributed by atoms with van der Waals surface area (Å²) in [6.07, 6.45) is -3.42. The van der Waals surface area contributed by atoms with Gasteiger partial charge in [-0.1, -0.05) is 11.7 Å². The predicted molar refractivity (Wildman–Crippen MR) is 90.5 cm³/mol. The molecule has 0 spiro atoms. The Bertz CT molecular complexity index is 988. The maximum atomic E-state index is 13.0. The standard InChI is InChI=1S/C17H18F3N2O4S/c1-4-27(25,26)14-9-12(17(18,19)20)6-7-13(14)16(23)21(3)15-8-5-11(2)10-22(15)24/h5-10,24H,4H2,1-3H3/q+1. The smallest absolute Gasteiger partial charge is 0.350 e. The number of aromatic nitrogens is 1. The van der Waals surface area contributed by atoms with Crippen molar-refractivity contribution in [3.63, 3.8) is 0 Å². The number of rotatable bonds is 4. The molecular weight excluding hydrogens is 385 g/mol. The first-order valence-electron chi connectivity index (χ1n) is 7.82. The van der Waals surface area contributed by atoms with Crippen molar-refractivity contribution in [2.24, 2.45) is 0 Å². The Morgan fingerprint density at radius 2 is 1.85 bits per heavy atom. The quantitative estimate of drug-likeness (QED) is 0.629. The van der Waals surface area contributed by atoms with Gasteiger partial charge >= 0.3 is 17.9 Å². The van der Waals surface area contributed by atoms with Gasteiger partial charge < -0.3 is 5.21 Å². The third-order valence-corrected chi connectivity index (χ3v) is 5.73. The van der Waals surface area contributed by atoms with E-state index in [0.29, 0.717) is 22.4 Å². The van der Waals surface area contributed by atoms with Crippen LogP contribution in [-0.4, -0.2) is 32.3 Å². The number of amides is 1. The molecule has 6 nitrogen and oxygen atoms in total. The van der Waals surface area contributed by atoms with E-state index in [1.54, 1.807) is 13.0 Å². The molecule has 0 radical (unpaired) electrons. The highest BCUT2D eigenvalue weighted by Gasteiger charge is 2.35. The monoisotopic (exact) mass is 403 g/mol. The number of halogens is 3. The van der Waals surface area contributed by atoms with Gasteiger partial charge in [-0.25, -0.2) is 13.2 Å². The van der Waals surface area contributed by atoms with Crippen LogP contribution in [0.4, 0.5) is 19.0 Å². The number of aryl methyl sites for hydroxylation is 1.